The number of hydrogen-bond acceptors (Lipinski definition) is 4. The van der Waals surface area contributed by atoms with Gasteiger partial charge in [0.05, 0.1) is 6.33 Å². The molecule has 0 bridgehead atoms. The van der Waals surface area contributed by atoms with Crippen molar-refractivity contribution in [2.24, 2.45) is 0 Å². The van der Waals surface area contributed by atoms with Gasteiger partial charge < -0.3 is 15.2 Å². The van der Waals surface area contributed by atoms with Gasteiger partial charge >= 0.3 is 0 Å². The van der Waals surface area contributed by atoms with Crippen LogP contribution in [0.4, 0.5) is 17.1 Å². The van der Waals surface area contributed by atoms with E-state index >= 15 is 0 Å². The van der Waals surface area contributed by atoms with E-state index in [2.05, 4.69) is 20.6 Å². The van der Waals surface area contributed by atoms with Crippen molar-refractivity contribution in [2.45, 2.75) is 6.92 Å². The summed E-state index contributed by atoms with van der Waals surface area (Å²) >= 11 is 0. The van der Waals surface area contributed by atoms with Gasteiger partial charge in [0.15, 0.2) is 0 Å². The zero-order chi connectivity index (χ0) is 19.3. The molecular weight excluding hydrogens is 350 g/mol. The number of anilines is 3. The molecule has 4 aromatic rings. The van der Waals surface area contributed by atoms with Crippen LogP contribution in [0.25, 0.3) is 5.69 Å². The SMILES string of the molecule is Cc1cc(NC(=O)c2ccc(Nc3ccncc3)cc2)ccc1-n1ccnc1. The second kappa shape index (κ2) is 7.75. The molecule has 0 atom stereocenters. The normalized spacial score (nSPS) is 10.5. The van der Waals surface area contributed by atoms with E-state index in [0.717, 1.165) is 28.3 Å². The summed E-state index contributed by atoms with van der Waals surface area (Å²) in [7, 11) is 0. The Morgan fingerprint density at radius 2 is 1.57 bits per heavy atom. The molecule has 0 unspecified atom stereocenters. The maximum Gasteiger partial charge on any atom is 0.255 e. The molecule has 2 aromatic carbocycles. The van der Waals surface area contributed by atoms with E-state index in [4.69, 9.17) is 0 Å². The Morgan fingerprint density at radius 1 is 0.857 bits per heavy atom. The lowest BCUT2D eigenvalue weighted by molar-refractivity contribution is 0.102. The van der Waals surface area contributed by atoms with Crippen LogP contribution in [-0.2, 0) is 0 Å². The van der Waals surface area contributed by atoms with Gasteiger partial charge in [0.25, 0.3) is 5.91 Å². The average molecular weight is 369 g/mol. The van der Waals surface area contributed by atoms with Crippen LogP contribution < -0.4 is 10.6 Å². The second-order valence-electron chi connectivity index (χ2n) is 6.36. The summed E-state index contributed by atoms with van der Waals surface area (Å²) in [5, 5.41) is 6.22. The third-order valence-corrected chi connectivity index (χ3v) is 4.35. The van der Waals surface area contributed by atoms with E-state index in [-0.39, 0.29) is 5.91 Å². The van der Waals surface area contributed by atoms with Crippen LogP contribution in [-0.4, -0.2) is 20.4 Å². The molecule has 2 aromatic heterocycles. The number of aryl methyl sites for hydroxylation is 1. The molecule has 0 saturated heterocycles. The highest BCUT2D eigenvalue weighted by atomic mass is 16.1. The molecule has 0 aliphatic heterocycles. The lowest BCUT2D eigenvalue weighted by Crippen LogP contribution is -2.12. The van der Waals surface area contributed by atoms with E-state index in [9.17, 15) is 4.79 Å². The van der Waals surface area contributed by atoms with Crippen LogP contribution in [0.3, 0.4) is 0 Å². The van der Waals surface area contributed by atoms with Crippen molar-refractivity contribution in [3.05, 3.63) is 96.8 Å². The monoisotopic (exact) mass is 369 g/mol. The minimum Gasteiger partial charge on any atom is -0.355 e. The van der Waals surface area contributed by atoms with Crippen molar-refractivity contribution in [3.63, 3.8) is 0 Å². The molecule has 4 rings (SSSR count). The number of amides is 1. The van der Waals surface area contributed by atoms with Crippen molar-refractivity contribution in [1.82, 2.24) is 14.5 Å². The highest BCUT2D eigenvalue weighted by Crippen LogP contribution is 2.20. The van der Waals surface area contributed by atoms with Gasteiger partial charge in [0.2, 0.25) is 0 Å². The minimum atomic E-state index is -0.148. The molecule has 0 spiro atoms. The molecule has 138 valence electrons. The van der Waals surface area contributed by atoms with Crippen molar-refractivity contribution in [3.8, 4) is 5.69 Å². The zero-order valence-corrected chi connectivity index (χ0v) is 15.3. The third-order valence-electron chi connectivity index (χ3n) is 4.35. The maximum absolute atomic E-state index is 12.6. The van der Waals surface area contributed by atoms with Gasteiger partial charge in [0.1, 0.15) is 0 Å². The number of benzene rings is 2. The van der Waals surface area contributed by atoms with E-state index in [0.29, 0.717) is 5.56 Å². The molecule has 0 aliphatic carbocycles. The highest BCUT2D eigenvalue weighted by molar-refractivity contribution is 6.04. The first kappa shape index (κ1) is 17.5. The number of carbonyl (C=O) groups excluding carboxylic acids is 1. The minimum absolute atomic E-state index is 0.148. The molecule has 28 heavy (non-hydrogen) atoms. The largest absolute Gasteiger partial charge is 0.355 e. The van der Waals surface area contributed by atoms with Crippen molar-refractivity contribution < 1.29 is 4.79 Å². The number of hydrogen-bond donors (Lipinski definition) is 2. The number of pyridine rings is 1. The summed E-state index contributed by atoms with van der Waals surface area (Å²) in [6.45, 7) is 2.00. The molecule has 6 nitrogen and oxygen atoms in total. The van der Waals surface area contributed by atoms with Gasteiger partial charge in [-0.3, -0.25) is 9.78 Å². The van der Waals surface area contributed by atoms with E-state index in [1.54, 1.807) is 37.1 Å². The van der Waals surface area contributed by atoms with Crippen molar-refractivity contribution in [1.29, 1.82) is 0 Å². The van der Waals surface area contributed by atoms with E-state index < -0.39 is 0 Å². The van der Waals surface area contributed by atoms with Gasteiger partial charge in [-0.2, -0.15) is 0 Å². The number of nitrogens with one attached hydrogen (secondary N) is 2. The second-order valence-corrected chi connectivity index (χ2v) is 6.36. The van der Waals surface area contributed by atoms with Crippen LogP contribution in [0.2, 0.25) is 0 Å². The smallest absolute Gasteiger partial charge is 0.255 e. The maximum atomic E-state index is 12.6. The first-order chi connectivity index (χ1) is 13.7. The first-order valence-corrected chi connectivity index (χ1v) is 8.86. The number of aromatic nitrogens is 3. The fourth-order valence-corrected chi connectivity index (χ4v) is 2.93. The van der Waals surface area contributed by atoms with Gasteiger partial charge in [-0.05, 0) is 67.1 Å². The van der Waals surface area contributed by atoms with E-state index in [1.165, 1.54) is 0 Å². The Morgan fingerprint density at radius 3 is 2.25 bits per heavy atom. The average Bonchev–Trinajstić information content (AvgIpc) is 3.24. The number of nitrogens with zero attached hydrogens (tertiary/aromatic N) is 3. The summed E-state index contributed by atoms with van der Waals surface area (Å²) in [6, 6.07) is 16.9. The Kier molecular flexibility index (Phi) is 4.84. The van der Waals surface area contributed by atoms with Crippen LogP contribution in [0, 0.1) is 6.92 Å². The van der Waals surface area contributed by atoms with Crippen LogP contribution in [0.1, 0.15) is 15.9 Å². The van der Waals surface area contributed by atoms with Crippen LogP contribution in [0.5, 0.6) is 0 Å². The van der Waals surface area contributed by atoms with Gasteiger partial charge in [-0.15, -0.1) is 0 Å². The lowest BCUT2D eigenvalue weighted by Gasteiger charge is -2.11. The Hall–Kier alpha value is -3.93. The van der Waals surface area contributed by atoms with Crippen molar-refractivity contribution in [2.75, 3.05) is 10.6 Å². The number of imidazole rings is 1. The first-order valence-electron chi connectivity index (χ1n) is 8.86. The highest BCUT2D eigenvalue weighted by Gasteiger charge is 2.08. The summed E-state index contributed by atoms with van der Waals surface area (Å²) < 4.78 is 1.94. The molecular formula is C22H19N5O. The van der Waals surface area contributed by atoms with Crippen LogP contribution in [0.15, 0.2) is 85.7 Å². The fraction of sp³-hybridized carbons (Fsp3) is 0.0455. The summed E-state index contributed by atoms with van der Waals surface area (Å²) in [4.78, 5) is 20.6. The predicted octanol–water partition coefficient (Wildman–Crippen LogP) is 4.57. The number of carbonyl (C=O) groups is 1. The van der Waals surface area contributed by atoms with Gasteiger partial charge in [0, 0.05) is 53.1 Å². The molecule has 1 amide bonds. The topological polar surface area (TPSA) is 71.8 Å². The van der Waals surface area contributed by atoms with Gasteiger partial charge in [-0.25, -0.2) is 4.98 Å². The Labute approximate surface area is 162 Å². The molecule has 2 heterocycles. The predicted molar refractivity (Wildman–Crippen MR) is 110 cm³/mol. The van der Waals surface area contributed by atoms with E-state index in [1.807, 2.05) is 60.2 Å². The lowest BCUT2D eigenvalue weighted by atomic mass is 10.1. The Bertz CT molecular complexity index is 1070. The molecule has 6 heteroatoms. The molecule has 0 radical (unpaired) electrons. The van der Waals surface area contributed by atoms with Crippen molar-refractivity contribution >= 4 is 23.0 Å². The van der Waals surface area contributed by atoms with Gasteiger partial charge in [-0.1, -0.05) is 0 Å². The third kappa shape index (κ3) is 3.91. The number of rotatable bonds is 5. The summed E-state index contributed by atoms with van der Waals surface area (Å²) in [6.07, 6.45) is 8.83. The molecule has 0 fully saturated rings. The summed E-state index contributed by atoms with van der Waals surface area (Å²) in [5.41, 5.74) is 5.28. The Balaban J connectivity index is 1.44. The molecule has 0 saturated carbocycles. The standard InChI is InChI=1S/C22H19N5O/c1-16-14-20(6-7-21(16)27-13-12-24-15-27)26-22(28)17-2-4-18(5-3-17)25-19-8-10-23-11-9-19/h2-15H,1H3,(H,23,25)(H,26,28). The quantitative estimate of drug-likeness (QED) is 0.540. The van der Waals surface area contributed by atoms with Crippen LogP contribution >= 0.6 is 0 Å². The fourth-order valence-electron chi connectivity index (χ4n) is 2.93. The summed E-state index contributed by atoms with van der Waals surface area (Å²) in [5.74, 6) is -0.148. The molecule has 0 aliphatic rings. The molecule has 2 N–H and O–H groups in total. The zero-order valence-electron chi connectivity index (χ0n) is 15.3.